The Labute approximate surface area is 164 Å². The molecule has 0 saturated heterocycles. The first-order valence-electron chi connectivity index (χ1n) is 9.00. The fraction of sp³-hybridized carbons (Fsp3) is 0.263. The molecule has 3 aromatic rings. The molecule has 0 radical (unpaired) electrons. The molecule has 0 bridgehead atoms. The zero-order valence-corrected chi connectivity index (χ0v) is 15.3. The minimum atomic E-state index is -0.550. The molecule has 2 aromatic heterocycles. The molecule has 0 aliphatic carbocycles. The molecular formula is C19H18N4O6. The Morgan fingerprint density at radius 1 is 1.14 bits per heavy atom. The van der Waals surface area contributed by atoms with Gasteiger partial charge in [0, 0.05) is 36.9 Å². The van der Waals surface area contributed by atoms with Gasteiger partial charge >= 0.3 is 5.69 Å². The molecule has 1 aliphatic rings. The third-order valence-electron chi connectivity index (χ3n) is 4.33. The number of carbonyl (C=O) groups excluding carboxylic acids is 1. The highest BCUT2D eigenvalue weighted by Gasteiger charge is 2.15. The van der Waals surface area contributed by atoms with Crippen molar-refractivity contribution < 1.29 is 18.8 Å². The van der Waals surface area contributed by atoms with E-state index >= 15 is 0 Å². The van der Waals surface area contributed by atoms with E-state index < -0.39 is 11.2 Å². The van der Waals surface area contributed by atoms with Crippen LogP contribution in [0.15, 0.2) is 50.6 Å². The molecular weight excluding hydrogens is 380 g/mol. The Hall–Kier alpha value is -3.82. The Bertz CT molecular complexity index is 1150. The zero-order chi connectivity index (χ0) is 20.2. The highest BCUT2D eigenvalue weighted by molar-refractivity contribution is 5.75. The highest BCUT2D eigenvalue weighted by Crippen LogP contribution is 2.34. The van der Waals surface area contributed by atoms with Gasteiger partial charge in [-0.1, -0.05) is 5.16 Å². The molecule has 0 saturated carbocycles. The molecule has 2 N–H and O–H groups in total. The van der Waals surface area contributed by atoms with Crippen molar-refractivity contribution in [2.45, 2.75) is 19.5 Å². The van der Waals surface area contributed by atoms with E-state index in [0.29, 0.717) is 36.2 Å². The Balaban J connectivity index is 1.33. The number of aromatic nitrogens is 3. The molecule has 1 aromatic carbocycles. The number of rotatable bonds is 6. The van der Waals surface area contributed by atoms with Gasteiger partial charge in [0.25, 0.3) is 5.56 Å². The van der Waals surface area contributed by atoms with Gasteiger partial charge in [0.1, 0.15) is 18.9 Å². The number of aromatic amines is 1. The lowest BCUT2D eigenvalue weighted by molar-refractivity contribution is -0.121. The highest BCUT2D eigenvalue weighted by atomic mass is 16.6. The second-order valence-corrected chi connectivity index (χ2v) is 6.37. The first-order valence-corrected chi connectivity index (χ1v) is 9.00. The number of carbonyl (C=O) groups is 1. The molecule has 10 heteroatoms. The van der Waals surface area contributed by atoms with E-state index in [2.05, 4.69) is 15.5 Å². The van der Waals surface area contributed by atoms with Gasteiger partial charge < -0.3 is 23.9 Å². The van der Waals surface area contributed by atoms with E-state index in [0.717, 1.165) is 5.56 Å². The van der Waals surface area contributed by atoms with Crippen molar-refractivity contribution in [3.63, 3.8) is 0 Å². The van der Waals surface area contributed by atoms with Gasteiger partial charge in [-0.25, -0.2) is 4.79 Å². The molecule has 0 unspecified atom stereocenters. The van der Waals surface area contributed by atoms with Crippen molar-refractivity contribution in [3.8, 4) is 22.8 Å². The minimum Gasteiger partial charge on any atom is -0.486 e. The zero-order valence-electron chi connectivity index (χ0n) is 15.3. The number of ether oxygens (including phenoxy) is 2. The fourth-order valence-corrected chi connectivity index (χ4v) is 2.85. The topological polar surface area (TPSA) is 128 Å². The summed E-state index contributed by atoms with van der Waals surface area (Å²) in [7, 11) is 0. The average molecular weight is 398 g/mol. The summed E-state index contributed by atoms with van der Waals surface area (Å²) in [5.41, 5.74) is 0.322. The summed E-state index contributed by atoms with van der Waals surface area (Å²) in [6, 6.07) is 8.44. The Kier molecular flexibility index (Phi) is 5.14. The van der Waals surface area contributed by atoms with Crippen LogP contribution in [0.25, 0.3) is 11.3 Å². The van der Waals surface area contributed by atoms with E-state index in [9.17, 15) is 14.4 Å². The first kappa shape index (κ1) is 18.5. The summed E-state index contributed by atoms with van der Waals surface area (Å²) in [6.45, 7) is 1.36. The van der Waals surface area contributed by atoms with Crippen molar-refractivity contribution in [1.82, 2.24) is 20.0 Å². The molecule has 150 valence electrons. The predicted molar refractivity (Wildman–Crippen MR) is 101 cm³/mol. The van der Waals surface area contributed by atoms with Crippen molar-refractivity contribution in [3.05, 3.63) is 63.1 Å². The smallest absolute Gasteiger partial charge is 0.328 e. The number of aryl methyl sites for hydroxylation is 1. The summed E-state index contributed by atoms with van der Waals surface area (Å²) in [4.78, 5) is 36.8. The van der Waals surface area contributed by atoms with Crippen LogP contribution in [-0.4, -0.2) is 33.8 Å². The van der Waals surface area contributed by atoms with E-state index in [-0.39, 0.29) is 25.4 Å². The van der Waals surface area contributed by atoms with Crippen LogP contribution in [-0.2, 0) is 17.9 Å². The normalized spacial score (nSPS) is 12.6. The number of nitrogens with zero attached hydrogens (tertiary/aromatic N) is 2. The largest absolute Gasteiger partial charge is 0.486 e. The fourth-order valence-electron chi connectivity index (χ4n) is 2.85. The molecule has 10 nitrogen and oxygen atoms in total. The van der Waals surface area contributed by atoms with Crippen LogP contribution in [0.2, 0.25) is 0 Å². The number of benzene rings is 1. The SMILES string of the molecule is O=C(CCn1ccc(=O)[nH]c1=O)NCc1cc(-c2ccc3c(c2)OCCO3)on1. The summed E-state index contributed by atoms with van der Waals surface area (Å²) >= 11 is 0. The van der Waals surface area contributed by atoms with Gasteiger partial charge in [0.15, 0.2) is 17.3 Å². The van der Waals surface area contributed by atoms with Crippen molar-refractivity contribution in [2.75, 3.05) is 13.2 Å². The van der Waals surface area contributed by atoms with Crippen LogP contribution < -0.4 is 26.0 Å². The van der Waals surface area contributed by atoms with Crippen LogP contribution >= 0.6 is 0 Å². The van der Waals surface area contributed by atoms with Gasteiger partial charge in [-0.05, 0) is 18.2 Å². The number of hydrogen-bond acceptors (Lipinski definition) is 7. The molecule has 0 fully saturated rings. The standard InChI is InChI=1S/C19H18N4O6/c24-17(3-5-23-6-4-18(25)21-19(23)26)20-11-13-10-15(29-22-13)12-1-2-14-16(9-12)28-8-7-27-14/h1-2,4,6,9-10H,3,5,7-8,11H2,(H,20,24)(H,21,25,26). The molecule has 1 aliphatic heterocycles. The molecule has 0 atom stereocenters. The van der Waals surface area contributed by atoms with E-state index in [1.807, 2.05) is 18.2 Å². The Morgan fingerprint density at radius 2 is 1.97 bits per heavy atom. The van der Waals surface area contributed by atoms with Gasteiger partial charge in [-0.2, -0.15) is 0 Å². The van der Waals surface area contributed by atoms with Gasteiger partial charge in [0.2, 0.25) is 5.91 Å². The maximum absolute atomic E-state index is 12.0. The molecule has 0 spiro atoms. The maximum Gasteiger partial charge on any atom is 0.328 e. The lowest BCUT2D eigenvalue weighted by Crippen LogP contribution is -2.31. The monoisotopic (exact) mass is 398 g/mol. The quantitative estimate of drug-likeness (QED) is 0.624. The summed E-state index contributed by atoms with van der Waals surface area (Å²) in [5.74, 6) is 1.63. The lowest BCUT2D eigenvalue weighted by Gasteiger charge is -2.18. The molecule has 29 heavy (non-hydrogen) atoms. The third-order valence-corrected chi connectivity index (χ3v) is 4.33. The predicted octanol–water partition coefficient (Wildman–Crippen LogP) is 0.669. The number of nitrogens with one attached hydrogen (secondary N) is 2. The van der Waals surface area contributed by atoms with Crippen molar-refractivity contribution in [2.24, 2.45) is 0 Å². The van der Waals surface area contributed by atoms with Crippen LogP contribution in [0.3, 0.4) is 0 Å². The number of hydrogen-bond donors (Lipinski definition) is 2. The van der Waals surface area contributed by atoms with E-state index in [4.69, 9.17) is 14.0 Å². The van der Waals surface area contributed by atoms with Crippen molar-refractivity contribution >= 4 is 5.91 Å². The summed E-state index contributed by atoms with van der Waals surface area (Å²) < 4.78 is 17.7. The number of fused-ring (bicyclic) bond motifs is 1. The number of amides is 1. The summed E-state index contributed by atoms with van der Waals surface area (Å²) in [6.07, 6.45) is 1.44. The second-order valence-electron chi connectivity index (χ2n) is 6.37. The second kappa shape index (κ2) is 8.05. The van der Waals surface area contributed by atoms with Crippen LogP contribution in [0, 0.1) is 0 Å². The minimum absolute atomic E-state index is 0.0822. The summed E-state index contributed by atoms with van der Waals surface area (Å²) in [5, 5.41) is 6.68. The first-order chi connectivity index (χ1) is 14.1. The number of H-pyrrole nitrogens is 1. The van der Waals surface area contributed by atoms with E-state index in [1.54, 1.807) is 6.07 Å². The average Bonchev–Trinajstić information content (AvgIpc) is 3.20. The van der Waals surface area contributed by atoms with Crippen molar-refractivity contribution in [1.29, 1.82) is 0 Å². The van der Waals surface area contributed by atoms with Crippen LogP contribution in [0.5, 0.6) is 11.5 Å². The molecule has 3 heterocycles. The molecule has 1 amide bonds. The van der Waals surface area contributed by atoms with Gasteiger partial charge in [0.05, 0.1) is 6.54 Å². The van der Waals surface area contributed by atoms with Crippen LogP contribution in [0.1, 0.15) is 12.1 Å². The van der Waals surface area contributed by atoms with Gasteiger partial charge in [-0.15, -0.1) is 0 Å². The lowest BCUT2D eigenvalue weighted by atomic mass is 10.1. The maximum atomic E-state index is 12.0. The van der Waals surface area contributed by atoms with Crippen LogP contribution in [0.4, 0.5) is 0 Å². The Morgan fingerprint density at radius 3 is 2.79 bits per heavy atom. The molecule has 4 rings (SSSR count). The van der Waals surface area contributed by atoms with Gasteiger partial charge in [-0.3, -0.25) is 14.6 Å². The van der Waals surface area contributed by atoms with E-state index in [1.165, 1.54) is 16.8 Å². The third kappa shape index (κ3) is 4.37.